The summed E-state index contributed by atoms with van der Waals surface area (Å²) < 4.78 is 31.7. The molecular weight excluding hydrogens is 356 g/mol. The van der Waals surface area contributed by atoms with Crippen molar-refractivity contribution in [2.75, 3.05) is 18.4 Å². The Morgan fingerprint density at radius 2 is 1.77 bits per heavy atom. The molecule has 0 heterocycles. The lowest BCUT2D eigenvalue weighted by Crippen LogP contribution is -2.31. The van der Waals surface area contributed by atoms with Crippen LogP contribution in [-0.4, -0.2) is 33.9 Å². The van der Waals surface area contributed by atoms with Gasteiger partial charge in [0.2, 0.25) is 5.91 Å². The lowest BCUT2D eigenvalue weighted by atomic mass is 10.1. The summed E-state index contributed by atoms with van der Waals surface area (Å²) >= 11 is 0. The number of rotatable bonds is 7. The van der Waals surface area contributed by atoms with Crippen LogP contribution in [0.2, 0.25) is 0 Å². The number of carbonyl (C=O) groups excluding carboxylic acids is 2. The zero-order valence-electron chi connectivity index (χ0n) is 14.5. The standard InChI is InChI=1S/C18H20N2O5S/c1-13-4-3-5-16(10-13)26(23,24)20-15-8-6-14(7-9-15)11-17(21)19-12-18(22)25-2/h3-10,20H,11-12H2,1-2H3,(H,19,21). The molecule has 0 unspecified atom stereocenters. The minimum Gasteiger partial charge on any atom is -0.468 e. The highest BCUT2D eigenvalue weighted by Crippen LogP contribution is 2.17. The number of sulfonamides is 1. The van der Waals surface area contributed by atoms with E-state index in [0.29, 0.717) is 11.3 Å². The molecule has 138 valence electrons. The highest BCUT2D eigenvalue weighted by molar-refractivity contribution is 7.92. The summed E-state index contributed by atoms with van der Waals surface area (Å²) in [5, 5.41) is 2.44. The largest absolute Gasteiger partial charge is 0.468 e. The van der Waals surface area contributed by atoms with Gasteiger partial charge in [0.15, 0.2) is 0 Å². The van der Waals surface area contributed by atoms with Gasteiger partial charge in [-0.15, -0.1) is 0 Å². The minimum absolute atomic E-state index is 0.0713. The first-order valence-corrected chi connectivity index (χ1v) is 9.30. The lowest BCUT2D eigenvalue weighted by molar-refractivity contribution is -0.141. The van der Waals surface area contributed by atoms with Crippen molar-refractivity contribution in [1.29, 1.82) is 0 Å². The molecule has 2 rings (SSSR count). The zero-order valence-corrected chi connectivity index (χ0v) is 15.3. The molecule has 7 nitrogen and oxygen atoms in total. The molecule has 0 saturated carbocycles. The Hall–Kier alpha value is -2.87. The van der Waals surface area contributed by atoms with E-state index in [0.717, 1.165) is 5.56 Å². The fraction of sp³-hybridized carbons (Fsp3) is 0.222. The molecule has 0 atom stereocenters. The number of amides is 1. The SMILES string of the molecule is COC(=O)CNC(=O)Cc1ccc(NS(=O)(=O)c2cccc(C)c2)cc1. The van der Waals surface area contributed by atoms with E-state index < -0.39 is 16.0 Å². The Bertz CT molecular complexity index is 892. The molecule has 0 aliphatic carbocycles. The highest BCUT2D eigenvalue weighted by Gasteiger charge is 2.14. The summed E-state index contributed by atoms with van der Waals surface area (Å²) in [6, 6.07) is 13.1. The molecule has 2 aromatic rings. The van der Waals surface area contributed by atoms with Crippen molar-refractivity contribution in [3.8, 4) is 0 Å². The molecule has 0 bridgehead atoms. The predicted octanol–water partition coefficient (Wildman–Crippen LogP) is 1.63. The second kappa shape index (κ2) is 8.48. The van der Waals surface area contributed by atoms with Crippen molar-refractivity contribution in [3.63, 3.8) is 0 Å². The van der Waals surface area contributed by atoms with Crippen LogP contribution in [0.15, 0.2) is 53.4 Å². The number of hydrogen-bond donors (Lipinski definition) is 2. The second-order valence-electron chi connectivity index (χ2n) is 5.65. The maximum atomic E-state index is 12.4. The first-order chi connectivity index (χ1) is 12.3. The monoisotopic (exact) mass is 376 g/mol. The number of nitrogens with one attached hydrogen (secondary N) is 2. The topological polar surface area (TPSA) is 102 Å². The smallest absolute Gasteiger partial charge is 0.325 e. The van der Waals surface area contributed by atoms with E-state index in [1.165, 1.54) is 13.2 Å². The van der Waals surface area contributed by atoms with E-state index in [1.54, 1.807) is 36.4 Å². The number of hydrogen-bond acceptors (Lipinski definition) is 5. The van der Waals surface area contributed by atoms with Gasteiger partial charge >= 0.3 is 5.97 Å². The van der Waals surface area contributed by atoms with Gasteiger partial charge in [-0.1, -0.05) is 24.3 Å². The maximum absolute atomic E-state index is 12.4. The van der Waals surface area contributed by atoms with Crippen LogP contribution in [-0.2, 0) is 30.8 Å². The molecule has 0 aromatic heterocycles. The van der Waals surface area contributed by atoms with Crippen LogP contribution in [0.4, 0.5) is 5.69 Å². The predicted molar refractivity (Wildman–Crippen MR) is 97.2 cm³/mol. The fourth-order valence-corrected chi connectivity index (χ4v) is 3.34. The zero-order chi connectivity index (χ0) is 19.2. The van der Waals surface area contributed by atoms with Gasteiger partial charge in [0.1, 0.15) is 6.54 Å². The van der Waals surface area contributed by atoms with Crippen molar-refractivity contribution in [2.24, 2.45) is 0 Å². The van der Waals surface area contributed by atoms with Crippen LogP contribution in [0.5, 0.6) is 0 Å². The first kappa shape index (κ1) is 19.5. The van der Waals surface area contributed by atoms with Crippen LogP contribution in [0, 0.1) is 6.92 Å². The molecule has 0 spiro atoms. The van der Waals surface area contributed by atoms with Crippen molar-refractivity contribution in [1.82, 2.24) is 5.32 Å². The van der Waals surface area contributed by atoms with E-state index in [-0.39, 0.29) is 23.8 Å². The van der Waals surface area contributed by atoms with E-state index in [1.807, 2.05) is 13.0 Å². The molecule has 0 fully saturated rings. The van der Waals surface area contributed by atoms with Gasteiger partial charge in [-0.2, -0.15) is 0 Å². The Balaban J connectivity index is 1.99. The molecule has 2 N–H and O–H groups in total. The summed E-state index contributed by atoms with van der Waals surface area (Å²) in [6.45, 7) is 1.63. The summed E-state index contributed by atoms with van der Waals surface area (Å²) in [4.78, 5) is 22.9. The van der Waals surface area contributed by atoms with Crippen molar-refractivity contribution in [3.05, 3.63) is 59.7 Å². The fourth-order valence-electron chi connectivity index (χ4n) is 2.18. The van der Waals surface area contributed by atoms with Gasteiger partial charge in [-0.25, -0.2) is 8.42 Å². The number of methoxy groups -OCH3 is 1. The van der Waals surface area contributed by atoms with Crippen LogP contribution in [0.25, 0.3) is 0 Å². The molecule has 1 amide bonds. The Labute approximate surface area is 152 Å². The Morgan fingerprint density at radius 1 is 1.08 bits per heavy atom. The van der Waals surface area contributed by atoms with Gasteiger partial charge in [-0.3, -0.25) is 14.3 Å². The molecular formula is C18H20N2O5S. The molecule has 0 saturated heterocycles. The van der Waals surface area contributed by atoms with Crippen LogP contribution in [0.3, 0.4) is 0 Å². The van der Waals surface area contributed by atoms with Gasteiger partial charge < -0.3 is 10.1 Å². The average molecular weight is 376 g/mol. The van der Waals surface area contributed by atoms with Gasteiger partial charge in [0.05, 0.1) is 18.4 Å². The number of carbonyl (C=O) groups is 2. The molecule has 0 aliphatic rings. The minimum atomic E-state index is -3.67. The summed E-state index contributed by atoms with van der Waals surface area (Å²) in [5.41, 5.74) is 1.93. The molecule has 0 radical (unpaired) electrons. The van der Waals surface area contributed by atoms with Crippen LogP contribution < -0.4 is 10.0 Å². The van der Waals surface area contributed by atoms with Gasteiger partial charge in [0, 0.05) is 5.69 Å². The summed E-state index contributed by atoms with van der Waals surface area (Å²) in [6.07, 6.45) is 0.0713. The van der Waals surface area contributed by atoms with E-state index in [9.17, 15) is 18.0 Å². The molecule has 0 aliphatic heterocycles. The number of aryl methyl sites for hydroxylation is 1. The van der Waals surface area contributed by atoms with Crippen LogP contribution in [0.1, 0.15) is 11.1 Å². The Morgan fingerprint density at radius 3 is 2.38 bits per heavy atom. The highest BCUT2D eigenvalue weighted by atomic mass is 32.2. The van der Waals surface area contributed by atoms with E-state index in [4.69, 9.17) is 0 Å². The normalized spacial score (nSPS) is 10.8. The lowest BCUT2D eigenvalue weighted by Gasteiger charge is -2.09. The summed E-state index contributed by atoms with van der Waals surface area (Å²) in [7, 11) is -2.43. The third kappa shape index (κ3) is 5.59. The second-order valence-corrected chi connectivity index (χ2v) is 7.33. The molecule has 8 heteroatoms. The molecule has 2 aromatic carbocycles. The summed E-state index contributed by atoms with van der Waals surface area (Å²) in [5.74, 6) is -0.859. The first-order valence-electron chi connectivity index (χ1n) is 7.82. The van der Waals surface area contributed by atoms with Crippen molar-refractivity contribution >= 4 is 27.6 Å². The number of benzene rings is 2. The van der Waals surface area contributed by atoms with Gasteiger partial charge in [0.25, 0.3) is 10.0 Å². The van der Waals surface area contributed by atoms with E-state index >= 15 is 0 Å². The number of anilines is 1. The number of esters is 1. The van der Waals surface area contributed by atoms with E-state index in [2.05, 4.69) is 14.8 Å². The third-order valence-electron chi connectivity index (χ3n) is 3.53. The van der Waals surface area contributed by atoms with Crippen LogP contribution >= 0.6 is 0 Å². The van der Waals surface area contributed by atoms with Crippen molar-refractivity contribution in [2.45, 2.75) is 18.2 Å². The molecule has 26 heavy (non-hydrogen) atoms. The maximum Gasteiger partial charge on any atom is 0.325 e. The Kier molecular flexibility index (Phi) is 6.35. The quantitative estimate of drug-likeness (QED) is 0.715. The average Bonchev–Trinajstić information content (AvgIpc) is 2.61. The van der Waals surface area contributed by atoms with Gasteiger partial charge in [-0.05, 0) is 42.3 Å². The number of ether oxygens (including phenoxy) is 1. The van der Waals surface area contributed by atoms with Crippen molar-refractivity contribution < 1.29 is 22.7 Å². The third-order valence-corrected chi connectivity index (χ3v) is 4.91.